The Labute approximate surface area is 176 Å². The van der Waals surface area contributed by atoms with Crippen LogP contribution in [0.5, 0.6) is 0 Å². The number of likely N-dealkylation sites (tertiary alicyclic amines) is 1. The second kappa shape index (κ2) is 10.1. The minimum Gasteiger partial charge on any atom is -0.393 e. The second-order valence-electron chi connectivity index (χ2n) is 9.45. The molecule has 4 rings (SSSR count). The van der Waals surface area contributed by atoms with Gasteiger partial charge in [-0.25, -0.2) is 0 Å². The molecular weight excluding hydrogens is 370 g/mol. The molecule has 0 aromatic heterocycles. The van der Waals surface area contributed by atoms with E-state index in [2.05, 4.69) is 36.1 Å². The lowest BCUT2D eigenvalue weighted by molar-refractivity contribution is -0.197. The van der Waals surface area contributed by atoms with Gasteiger partial charge in [-0.15, -0.1) is 0 Å². The number of aliphatic hydroxyl groups excluding tert-OH is 1. The number of fused-ring (bicyclic) bond motifs is 3. The first kappa shape index (κ1) is 22.9. The van der Waals surface area contributed by atoms with E-state index in [1.165, 1.54) is 19.3 Å². The standard InChI is InChI=1S/C22H41N3O4/c1-5-27-14-11-23-15-17(26)16-28-24-20-19(25-12-7-6-8-13-25)18-9-10-22(20,4)29-21(18,2)3/h17-19,23,26H,5-16H2,1-4H3/b24-20-/t17?,18-,19+,22+/m1/s1. The van der Waals surface area contributed by atoms with Gasteiger partial charge in [-0.1, -0.05) is 11.6 Å². The minimum absolute atomic E-state index is 0.155. The minimum atomic E-state index is -0.597. The first-order valence-corrected chi connectivity index (χ1v) is 11.5. The van der Waals surface area contributed by atoms with Crippen LogP contribution in [0.25, 0.3) is 0 Å². The third kappa shape index (κ3) is 5.50. The number of aliphatic hydroxyl groups is 1. The number of hydrogen-bond donors (Lipinski definition) is 2. The summed E-state index contributed by atoms with van der Waals surface area (Å²) >= 11 is 0. The smallest absolute Gasteiger partial charge is 0.144 e. The predicted octanol–water partition coefficient (Wildman–Crippen LogP) is 2.18. The molecule has 0 aromatic rings. The van der Waals surface area contributed by atoms with E-state index >= 15 is 0 Å². The third-order valence-electron chi connectivity index (χ3n) is 6.74. The van der Waals surface area contributed by atoms with Crippen LogP contribution in [0, 0.1) is 5.92 Å². The SMILES string of the molecule is CCOCCNCC(O)CO/N=C1/[C@@H](N2CCCCC2)[C@H]2CC[C@]1(C)OC2(C)C. The van der Waals surface area contributed by atoms with Gasteiger partial charge in [0.1, 0.15) is 24.0 Å². The zero-order chi connectivity index (χ0) is 20.9. The summed E-state index contributed by atoms with van der Waals surface area (Å²) in [6.45, 7) is 13.6. The molecule has 3 aliphatic heterocycles. The quantitative estimate of drug-likeness (QED) is 0.424. The van der Waals surface area contributed by atoms with Crippen LogP contribution in [-0.2, 0) is 14.3 Å². The average Bonchev–Trinajstić information content (AvgIpc) is 2.68. The number of nitrogens with zero attached hydrogens (tertiary/aromatic N) is 2. The Bertz CT molecular complexity index is 550. The van der Waals surface area contributed by atoms with Crippen molar-refractivity contribution in [2.24, 2.45) is 11.1 Å². The Morgan fingerprint density at radius 1 is 1.28 bits per heavy atom. The zero-order valence-electron chi connectivity index (χ0n) is 18.8. The molecule has 1 unspecified atom stereocenters. The van der Waals surface area contributed by atoms with Gasteiger partial charge in [0.25, 0.3) is 0 Å². The van der Waals surface area contributed by atoms with Crippen LogP contribution in [0.3, 0.4) is 0 Å². The van der Waals surface area contributed by atoms with E-state index in [4.69, 9.17) is 14.3 Å². The maximum absolute atomic E-state index is 10.2. The van der Waals surface area contributed by atoms with Gasteiger partial charge in [0, 0.05) is 25.6 Å². The van der Waals surface area contributed by atoms with Gasteiger partial charge in [0.15, 0.2) is 0 Å². The summed E-state index contributed by atoms with van der Waals surface area (Å²) in [6, 6.07) is 0.277. The lowest BCUT2D eigenvalue weighted by Crippen LogP contribution is -2.70. The van der Waals surface area contributed by atoms with Gasteiger partial charge >= 0.3 is 0 Å². The number of ether oxygens (including phenoxy) is 2. The van der Waals surface area contributed by atoms with Crippen LogP contribution < -0.4 is 5.32 Å². The Morgan fingerprint density at radius 3 is 2.72 bits per heavy atom. The lowest BCUT2D eigenvalue weighted by Gasteiger charge is -2.60. The molecule has 3 heterocycles. The van der Waals surface area contributed by atoms with Crippen LogP contribution >= 0.6 is 0 Å². The van der Waals surface area contributed by atoms with Crippen molar-refractivity contribution in [1.29, 1.82) is 0 Å². The number of oxime groups is 1. The van der Waals surface area contributed by atoms with Gasteiger partial charge in [0.2, 0.25) is 0 Å². The topological polar surface area (TPSA) is 75.5 Å². The highest BCUT2D eigenvalue weighted by molar-refractivity contribution is 5.98. The molecule has 2 bridgehead atoms. The van der Waals surface area contributed by atoms with E-state index in [0.29, 0.717) is 25.7 Å². The highest BCUT2D eigenvalue weighted by Crippen LogP contribution is 2.50. The van der Waals surface area contributed by atoms with E-state index in [1.807, 2.05) is 6.92 Å². The van der Waals surface area contributed by atoms with E-state index in [-0.39, 0.29) is 23.9 Å². The Balaban J connectivity index is 1.62. The molecule has 7 nitrogen and oxygen atoms in total. The molecule has 2 N–H and O–H groups in total. The molecular formula is C22H41N3O4. The summed E-state index contributed by atoms with van der Waals surface area (Å²) in [5.41, 5.74) is 0.477. The van der Waals surface area contributed by atoms with Crippen molar-refractivity contribution < 1.29 is 19.4 Å². The fraction of sp³-hybridized carbons (Fsp3) is 0.955. The normalized spacial score (nSPS) is 34.4. The van der Waals surface area contributed by atoms with Crippen molar-refractivity contribution in [2.45, 2.75) is 83.1 Å². The van der Waals surface area contributed by atoms with Crippen molar-refractivity contribution >= 4 is 5.71 Å². The fourth-order valence-corrected chi connectivity index (χ4v) is 5.29. The van der Waals surface area contributed by atoms with Crippen LogP contribution in [0.2, 0.25) is 0 Å². The van der Waals surface area contributed by atoms with E-state index in [9.17, 15) is 5.11 Å². The molecule has 168 valence electrons. The molecule has 7 heteroatoms. The van der Waals surface area contributed by atoms with Gasteiger partial charge in [-0.3, -0.25) is 4.90 Å². The number of hydrogen-bond acceptors (Lipinski definition) is 7. The highest BCUT2D eigenvalue weighted by Gasteiger charge is 2.59. The lowest BCUT2D eigenvalue weighted by atomic mass is 9.64. The van der Waals surface area contributed by atoms with E-state index < -0.39 is 6.10 Å². The fourth-order valence-electron chi connectivity index (χ4n) is 5.29. The van der Waals surface area contributed by atoms with Gasteiger partial charge in [-0.2, -0.15) is 0 Å². The first-order valence-electron chi connectivity index (χ1n) is 11.5. The predicted molar refractivity (Wildman–Crippen MR) is 114 cm³/mol. The first-order chi connectivity index (χ1) is 13.9. The molecule has 0 aromatic carbocycles. The highest BCUT2D eigenvalue weighted by atomic mass is 16.6. The van der Waals surface area contributed by atoms with Crippen molar-refractivity contribution in [2.75, 3.05) is 46.0 Å². The molecule has 4 aliphatic rings. The Kier molecular flexibility index (Phi) is 7.95. The molecule has 1 aliphatic carbocycles. The summed E-state index contributed by atoms with van der Waals surface area (Å²) in [5.74, 6) is 0.426. The van der Waals surface area contributed by atoms with Crippen molar-refractivity contribution in [3.63, 3.8) is 0 Å². The zero-order valence-corrected chi connectivity index (χ0v) is 18.8. The molecule has 0 spiro atoms. The summed E-state index contributed by atoms with van der Waals surface area (Å²) in [4.78, 5) is 8.28. The maximum atomic E-state index is 10.2. The van der Waals surface area contributed by atoms with Crippen LogP contribution in [0.1, 0.15) is 59.8 Å². The molecule has 4 atom stereocenters. The number of nitrogens with one attached hydrogen (secondary N) is 1. The third-order valence-corrected chi connectivity index (χ3v) is 6.74. The van der Waals surface area contributed by atoms with Crippen molar-refractivity contribution in [1.82, 2.24) is 10.2 Å². The molecule has 1 saturated carbocycles. The summed E-state index contributed by atoms with van der Waals surface area (Å²) in [6.07, 6.45) is 5.37. The van der Waals surface area contributed by atoms with Crippen LogP contribution in [0.15, 0.2) is 5.16 Å². The van der Waals surface area contributed by atoms with Crippen LogP contribution in [0.4, 0.5) is 0 Å². The van der Waals surface area contributed by atoms with Crippen LogP contribution in [-0.4, -0.2) is 85.1 Å². The molecule has 3 saturated heterocycles. The van der Waals surface area contributed by atoms with Crippen molar-refractivity contribution in [3.05, 3.63) is 0 Å². The number of piperidine rings is 1. The maximum Gasteiger partial charge on any atom is 0.144 e. The van der Waals surface area contributed by atoms with Crippen molar-refractivity contribution in [3.8, 4) is 0 Å². The van der Waals surface area contributed by atoms with E-state index in [0.717, 1.165) is 38.2 Å². The molecule has 29 heavy (non-hydrogen) atoms. The van der Waals surface area contributed by atoms with Gasteiger partial charge in [-0.05, 0) is 66.5 Å². The monoisotopic (exact) mass is 411 g/mol. The summed E-state index contributed by atoms with van der Waals surface area (Å²) in [7, 11) is 0. The largest absolute Gasteiger partial charge is 0.393 e. The molecule has 4 fully saturated rings. The van der Waals surface area contributed by atoms with E-state index in [1.54, 1.807) is 0 Å². The van der Waals surface area contributed by atoms with Gasteiger partial charge in [0.05, 0.1) is 18.2 Å². The second-order valence-corrected chi connectivity index (χ2v) is 9.45. The summed E-state index contributed by atoms with van der Waals surface area (Å²) < 4.78 is 11.8. The molecule has 0 radical (unpaired) electrons. The Hall–Kier alpha value is -0.730. The summed E-state index contributed by atoms with van der Waals surface area (Å²) in [5, 5.41) is 18.0. The molecule has 0 amide bonds. The average molecular weight is 412 g/mol. The Morgan fingerprint density at radius 2 is 2.03 bits per heavy atom. The number of rotatable bonds is 10. The van der Waals surface area contributed by atoms with Gasteiger partial charge < -0.3 is 24.7 Å².